The van der Waals surface area contributed by atoms with Gasteiger partial charge < -0.3 is 14.1 Å². The van der Waals surface area contributed by atoms with Crippen molar-refractivity contribution in [1.29, 1.82) is 0 Å². The number of anilines is 1. The van der Waals surface area contributed by atoms with Crippen molar-refractivity contribution in [1.82, 2.24) is 9.88 Å². The lowest BCUT2D eigenvalue weighted by Crippen LogP contribution is -2.36. The van der Waals surface area contributed by atoms with Crippen molar-refractivity contribution in [2.24, 2.45) is 0 Å². The molecule has 0 fully saturated rings. The number of likely N-dealkylation sites (N-methyl/N-ethyl adjacent to an activating group) is 1. The third-order valence-electron chi connectivity index (χ3n) is 4.19. The first-order valence-corrected chi connectivity index (χ1v) is 9.78. The Morgan fingerprint density at radius 1 is 1.25 bits per heavy atom. The topological polar surface area (TPSA) is 58.8 Å². The molecule has 0 unspecified atom stereocenters. The number of carbonyl (C=O) groups excluding carboxylic acids is 1. The predicted molar refractivity (Wildman–Crippen MR) is 116 cm³/mol. The Labute approximate surface area is 175 Å². The first kappa shape index (κ1) is 22.2. The average molecular weight is 424 g/mol. The summed E-state index contributed by atoms with van der Waals surface area (Å²) in [5, 5.41) is 0.669. The molecular weight excluding hydrogens is 398 g/mol. The lowest BCUT2D eigenvalue weighted by Gasteiger charge is -2.21. The number of carbonyl (C=O) groups is 1. The van der Waals surface area contributed by atoms with E-state index in [0.717, 1.165) is 28.3 Å². The first-order valence-electron chi connectivity index (χ1n) is 8.96. The molecule has 1 aromatic carbocycles. The van der Waals surface area contributed by atoms with Crippen LogP contribution in [0.3, 0.4) is 0 Å². The molecule has 0 aliphatic rings. The number of furan rings is 1. The van der Waals surface area contributed by atoms with E-state index in [9.17, 15) is 4.79 Å². The molecule has 0 aliphatic carbocycles. The van der Waals surface area contributed by atoms with Gasteiger partial charge in [-0.1, -0.05) is 17.4 Å². The van der Waals surface area contributed by atoms with Crippen molar-refractivity contribution >= 4 is 45.0 Å². The maximum atomic E-state index is 13.3. The van der Waals surface area contributed by atoms with Gasteiger partial charge in [0.25, 0.3) is 5.91 Å². The van der Waals surface area contributed by atoms with Gasteiger partial charge in [0.2, 0.25) is 0 Å². The molecule has 2 aromatic heterocycles. The predicted octanol–water partition coefficient (Wildman–Crippen LogP) is 4.54. The van der Waals surface area contributed by atoms with Crippen LogP contribution in [0.2, 0.25) is 0 Å². The standard InChI is InChI=1S/C20H25N3O3S.ClH/c1-6-25-16-8-7-9-17-18(16)21-20(27-17)23(11-10-22(4)5)19(24)15-12-13(2)26-14(15)3;/h7-9,12H,6,10-11H2,1-5H3;1H. The van der Waals surface area contributed by atoms with E-state index in [1.54, 1.807) is 11.0 Å². The molecule has 2 heterocycles. The van der Waals surface area contributed by atoms with Crippen molar-refractivity contribution in [2.45, 2.75) is 20.8 Å². The summed E-state index contributed by atoms with van der Waals surface area (Å²) in [5.74, 6) is 2.01. The smallest absolute Gasteiger partial charge is 0.263 e. The fraction of sp³-hybridized carbons (Fsp3) is 0.400. The monoisotopic (exact) mass is 423 g/mol. The quantitative estimate of drug-likeness (QED) is 0.558. The maximum absolute atomic E-state index is 13.3. The van der Waals surface area contributed by atoms with Crippen molar-refractivity contribution in [2.75, 3.05) is 38.7 Å². The highest BCUT2D eigenvalue weighted by molar-refractivity contribution is 7.22. The normalized spacial score (nSPS) is 10.9. The summed E-state index contributed by atoms with van der Waals surface area (Å²) in [6.07, 6.45) is 0. The summed E-state index contributed by atoms with van der Waals surface area (Å²) in [6.45, 7) is 7.46. The number of aromatic nitrogens is 1. The van der Waals surface area contributed by atoms with Crippen LogP contribution in [0.15, 0.2) is 28.7 Å². The number of amides is 1. The highest BCUT2D eigenvalue weighted by Crippen LogP contribution is 2.35. The molecule has 0 saturated heterocycles. The number of hydrogen-bond acceptors (Lipinski definition) is 6. The number of thiazole rings is 1. The number of para-hydroxylation sites is 1. The molecule has 0 saturated carbocycles. The number of fused-ring (bicyclic) bond motifs is 1. The highest BCUT2D eigenvalue weighted by atomic mass is 35.5. The van der Waals surface area contributed by atoms with Gasteiger partial charge in [0.15, 0.2) is 5.13 Å². The van der Waals surface area contributed by atoms with Gasteiger partial charge in [-0.3, -0.25) is 9.69 Å². The first-order chi connectivity index (χ1) is 12.9. The number of ether oxygens (including phenoxy) is 1. The van der Waals surface area contributed by atoms with Gasteiger partial charge in [-0.05, 0) is 53.1 Å². The number of halogens is 1. The van der Waals surface area contributed by atoms with Gasteiger partial charge in [-0.2, -0.15) is 0 Å². The molecule has 0 radical (unpaired) electrons. The van der Waals surface area contributed by atoms with Gasteiger partial charge in [-0.25, -0.2) is 4.98 Å². The van der Waals surface area contributed by atoms with Crippen molar-refractivity contribution in [3.05, 3.63) is 41.3 Å². The minimum absolute atomic E-state index is 0. The summed E-state index contributed by atoms with van der Waals surface area (Å²) in [7, 11) is 3.98. The van der Waals surface area contributed by atoms with E-state index in [4.69, 9.17) is 14.1 Å². The molecular formula is C20H26ClN3O3S. The van der Waals surface area contributed by atoms with E-state index in [2.05, 4.69) is 0 Å². The lowest BCUT2D eigenvalue weighted by atomic mass is 10.2. The minimum atomic E-state index is -0.0942. The van der Waals surface area contributed by atoms with E-state index in [1.807, 2.05) is 58.0 Å². The fourth-order valence-electron chi connectivity index (χ4n) is 2.87. The zero-order chi connectivity index (χ0) is 19.6. The molecule has 0 aliphatic heterocycles. The molecule has 6 nitrogen and oxygen atoms in total. The molecule has 152 valence electrons. The molecule has 3 rings (SSSR count). The Morgan fingerprint density at radius 3 is 2.61 bits per heavy atom. The molecule has 0 bridgehead atoms. The Morgan fingerprint density at radius 2 is 2.00 bits per heavy atom. The van der Waals surface area contributed by atoms with Gasteiger partial charge in [0.05, 0.1) is 16.9 Å². The molecule has 3 aromatic rings. The molecule has 0 atom stereocenters. The van der Waals surface area contributed by atoms with E-state index in [1.165, 1.54) is 11.3 Å². The van der Waals surface area contributed by atoms with Crippen molar-refractivity contribution in [3.8, 4) is 5.75 Å². The minimum Gasteiger partial charge on any atom is -0.492 e. The second-order valence-corrected chi connectivity index (χ2v) is 7.63. The molecule has 0 spiro atoms. The largest absolute Gasteiger partial charge is 0.492 e. The van der Waals surface area contributed by atoms with E-state index < -0.39 is 0 Å². The summed E-state index contributed by atoms with van der Waals surface area (Å²) in [6, 6.07) is 7.65. The highest BCUT2D eigenvalue weighted by Gasteiger charge is 2.25. The van der Waals surface area contributed by atoms with Gasteiger partial charge in [0, 0.05) is 13.1 Å². The van der Waals surface area contributed by atoms with Gasteiger partial charge in [-0.15, -0.1) is 12.4 Å². The van der Waals surface area contributed by atoms with Crippen LogP contribution >= 0.6 is 23.7 Å². The molecule has 1 amide bonds. The van der Waals surface area contributed by atoms with E-state index >= 15 is 0 Å². The van der Waals surface area contributed by atoms with Gasteiger partial charge >= 0.3 is 0 Å². The van der Waals surface area contributed by atoms with Crippen LogP contribution in [0.1, 0.15) is 28.8 Å². The van der Waals surface area contributed by atoms with Crippen LogP contribution in [-0.2, 0) is 0 Å². The number of benzene rings is 1. The second-order valence-electron chi connectivity index (χ2n) is 6.62. The molecule has 28 heavy (non-hydrogen) atoms. The maximum Gasteiger partial charge on any atom is 0.263 e. The Kier molecular flexibility index (Phi) is 7.46. The summed E-state index contributed by atoms with van der Waals surface area (Å²) < 4.78 is 12.3. The van der Waals surface area contributed by atoms with Crippen molar-refractivity contribution < 1.29 is 13.9 Å². The summed E-state index contributed by atoms with van der Waals surface area (Å²) in [5.41, 5.74) is 1.37. The summed E-state index contributed by atoms with van der Waals surface area (Å²) >= 11 is 1.50. The van der Waals surface area contributed by atoms with Crippen LogP contribution in [-0.4, -0.2) is 49.6 Å². The molecule has 8 heteroatoms. The van der Waals surface area contributed by atoms with Crippen LogP contribution in [0.25, 0.3) is 10.2 Å². The second kappa shape index (κ2) is 9.41. The van der Waals surface area contributed by atoms with Crippen LogP contribution < -0.4 is 9.64 Å². The fourth-order valence-corrected chi connectivity index (χ4v) is 3.88. The third kappa shape index (κ3) is 4.66. The zero-order valence-corrected chi connectivity index (χ0v) is 18.4. The number of aryl methyl sites for hydroxylation is 2. The zero-order valence-electron chi connectivity index (χ0n) is 16.8. The Hall–Kier alpha value is -2.09. The summed E-state index contributed by atoms with van der Waals surface area (Å²) in [4.78, 5) is 21.8. The third-order valence-corrected chi connectivity index (χ3v) is 5.23. The van der Waals surface area contributed by atoms with E-state index in [-0.39, 0.29) is 18.3 Å². The molecule has 0 N–H and O–H groups in total. The van der Waals surface area contributed by atoms with Crippen molar-refractivity contribution in [3.63, 3.8) is 0 Å². The average Bonchev–Trinajstić information content (AvgIpc) is 3.18. The van der Waals surface area contributed by atoms with Crippen LogP contribution in [0.5, 0.6) is 5.75 Å². The van der Waals surface area contributed by atoms with Crippen LogP contribution in [0.4, 0.5) is 5.13 Å². The Balaban J connectivity index is 0.00000280. The SMILES string of the molecule is CCOc1cccc2sc(N(CCN(C)C)C(=O)c3cc(C)oc3C)nc12.Cl. The van der Waals surface area contributed by atoms with Crippen LogP contribution in [0, 0.1) is 13.8 Å². The number of rotatable bonds is 7. The number of nitrogens with zero attached hydrogens (tertiary/aromatic N) is 3. The lowest BCUT2D eigenvalue weighted by molar-refractivity contribution is 0.0983. The number of hydrogen-bond donors (Lipinski definition) is 0. The van der Waals surface area contributed by atoms with E-state index in [0.29, 0.717) is 29.6 Å². The Bertz CT molecular complexity index is 951. The van der Waals surface area contributed by atoms with Gasteiger partial charge in [0.1, 0.15) is 22.8 Å².